The van der Waals surface area contributed by atoms with E-state index in [4.69, 9.17) is 4.42 Å². The van der Waals surface area contributed by atoms with Gasteiger partial charge in [-0.05, 0) is 42.7 Å². The second-order valence-electron chi connectivity index (χ2n) is 5.81. The molecule has 154 valence electrons. The lowest BCUT2D eigenvalue weighted by molar-refractivity contribution is -0.122. The molecule has 1 heterocycles. The van der Waals surface area contributed by atoms with Gasteiger partial charge in [0.2, 0.25) is 15.9 Å². The molecule has 28 heavy (non-hydrogen) atoms. The number of nitrogens with one attached hydrogen (secondary N) is 2. The van der Waals surface area contributed by atoms with Crippen LogP contribution in [0, 0.1) is 5.82 Å². The average molecular weight is 447 g/mol. The van der Waals surface area contributed by atoms with E-state index in [2.05, 4.69) is 10.0 Å². The smallest absolute Gasteiger partial charge is 0.244 e. The van der Waals surface area contributed by atoms with Gasteiger partial charge in [-0.1, -0.05) is 12.1 Å². The summed E-state index contributed by atoms with van der Waals surface area (Å²) in [5, 5.41) is 2.74. The number of furan rings is 1. The molecule has 1 atom stereocenters. The van der Waals surface area contributed by atoms with E-state index in [0.717, 1.165) is 11.8 Å². The summed E-state index contributed by atoms with van der Waals surface area (Å²) in [6, 6.07) is 7.82. The summed E-state index contributed by atoms with van der Waals surface area (Å²) in [5.41, 5.74) is 0. The van der Waals surface area contributed by atoms with Crippen molar-refractivity contribution in [3.05, 3.63) is 54.2 Å². The number of amides is 1. The lowest BCUT2D eigenvalue weighted by Gasteiger charge is -2.18. The Hall–Kier alpha value is -1.49. The lowest BCUT2D eigenvalue weighted by atomic mass is 10.2. The highest BCUT2D eigenvalue weighted by atomic mass is 32.2. The minimum atomic E-state index is -4.14. The van der Waals surface area contributed by atoms with Crippen LogP contribution in [-0.2, 0) is 20.6 Å². The van der Waals surface area contributed by atoms with Gasteiger partial charge in [0, 0.05) is 12.3 Å². The highest BCUT2D eigenvalue weighted by Crippen LogP contribution is 2.15. The second kappa shape index (κ2) is 11.5. The summed E-state index contributed by atoms with van der Waals surface area (Å²) in [4.78, 5) is 12.0. The van der Waals surface area contributed by atoms with Gasteiger partial charge in [-0.3, -0.25) is 4.79 Å². The van der Waals surface area contributed by atoms with E-state index >= 15 is 0 Å². The van der Waals surface area contributed by atoms with Crippen molar-refractivity contribution in [2.45, 2.75) is 23.1 Å². The number of hydrogen-bond donors (Lipinski definition) is 2. The Morgan fingerprint density at radius 3 is 2.68 bits per heavy atom. The van der Waals surface area contributed by atoms with Crippen LogP contribution in [-0.4, -0.2) is 44.7 Å². The van der Waals surface area contributed by atoms with Crippen LogP contribution < -0.4 is 10.0 Å². The van der Waals surface area contributed by atoms with Crippen LogP contribution >= 0.6 is 23.5 Å². The van der Waals surface area contributed by atoms with Crippen molar-refractivity contribution in [2.75, 3.05) is 24.3 Å². The number of hydrogen-bond acceptors (Lipinski definition) is 6. The maximum absolute atomic E-state index is 13.9. The molecule has 1 amide bonds. The fourth-order valence-corrected chi connectivity index (χ4v) is 4.87. The quantitative estimate of drug-likeness (QED) is 0.488. The molecule has 2 N–H and O–H groups in total. The molecule has 0 aliphatic rings. The van der Waals surface area contributed by atoms with E-state index in [-0.39, 0.29) is 0 Å². The fourth-order valence-electron chi connectivity index (χ4n) is 2.33. The van der Waals surface area contributed by atoms with Crippen molar-refractivity contribution in [1.29, 1.82) is 0 Å². The molecule has 0 spiro atoms. The zero-order chi connectivity index (χ0) is 20.4. The topological polar surface area (TPSA) is 88.4 Å². The van der Waals surface area contributed by atoms with E-state index in [1.54, 1.807) is 18.0 Å². The molecule has 0 aliphatic heterocycles. The van der Waals surface area contributed by atoms with Crippen molar-refractivity contribution in [2.24, 2.45) is 0 Å². The van der Waals surface area contributed by atoms with Crippen molar-refractivity contribution >= 4 is 39.5 Å². The molecule has 0 saturated heterocycles. The van der Waals surface area contributed by atoms with Gasteiger partial charge in [0.25, 0.3) is 0 Å². The minimum absolute atomic E-state index is 0.306. The molecule has 1 aromatic carbocycles. The van der Waals surface area contributed by atoms with Crippen LogP contribution in [0.2, 0.25) is 0 Å². The Morgan fingerprint density at radius 1 is 1.21 bits per heavy atom. The average Bonchev–Trinajstić information content (AvgIpc) is 3.18. The molecular formula is C18H23FN2O4S3. The highest BCUT2D eigenvalue weighted by Gasteiger charge is 2.27. The van der Waals surface area contributed by atoms with Gasteiger partial charge in [-0.25, -0.2) is 12.8 Å². The van der Waals surface area contributed by atoms with Gasteiger partial charge in [-0.2, -0.15) is 28.2 Å². The number of halogens is 1. The van der Waals surface area contributed by atoms with Gasteiger partial charge < -0.3 is 9.73 Å². The first-order chi connectivity index (χ1) is 13.4. The van der Waals surface area contributed by atoms with E-state index in [1.807, 2.05) is 18.4 Å². The van der Waals surface area contributed by atoms with Crippen LogP contribution in [0.1, 0.15) is 12.2 Å². The summed E-state index contributed by atoms with van der Waals surface area (Å²) in [6.45, 7) is 0.390. The Balaban J connectivity index is 1.90. The van der Waals surface area contributed by atoms with Crippen LogP contribution in [0.4, 0.5) is 4.39 Å². The minimum Gasteiger partial charge on any atom is -0.468 e. The van der Waals surface area contributed by atoms with E-state index < -0.39 is 32.7 Å². The standard InChI is InChI=1S/C18H23FN2O4S3/c1-26-11-8-16(21-28(23,24)17-7-3-2-6-15(17)19)18(22)20-9-12-27-13-14-5-4-10-25-14/h2-7,10,16,21H,8-9,11-13H2,1H3,(H,20,22). The largest absolute Gasteiger partial charge is 0.468 e. The molecule has 0 radical (unpaired) electrons. The molecule has 1 unspecified atom stereocenters. The van der Waals surface area contributed by atoms with E-state index in [1.165, 1.54) is 30.0 Å². The Kier molecular flexibility index (Phi) is 9.36. The Labute approximate surface area is 173 Å². The zero-order valence-electron chi connectivity index (χ0n) is 15.4. The third-order valence-corrected chi connectivity index (χ3v) is 6.85. The lowest BCUT2D eigenvalue weighted by Crippen LogP contribution is -2.47. The summed E-state index contributed by atoms with van der Waals surface area (Å²) in [7, 11) is -4.14. The normalized spacial score (nSPS) is 12.6. The van der Waals surface area contributed by atoms with Crippen LogP contribution in [0.15, 0.2) is 52.0 Å². The van der Waals surface area contributed by atoms with Crippen molar-refractivity contribution in [3.8, 4) is 0 Å². The molecule has 10 heteroatoms. The first-order valence-electron chi connectivity index (χ1n) is 8.57. The molecule has 0 bridgehead atoms. The number of rotatable bonds is 12. The first kappa shape index (κ1) is 22.8. The van der Waals surface area contributed by atoms with Gasteiger partial charge in [0.1, 0.15) is 22.5 Å². The molecule has 2 rings (SSSR count). The second-order valence-corrected chi connectivity index (χ2v) is 9.58. The maximum Gasteiger partial charge on any atom is 0.244 e. The van der Waals surface area contributed by atoms with E-state index in [0.29, 0.717) is 30.2 Å². The fraction of sp³-hybridized carbons (Fsp3) is 0.389. The highest BCUT2D eigenvalue weighted by molar-refractivity contribution is 7.98. The molecule has 1 aromatic heterocycles. The van der Waals surface area contributed by atoms with Crippen LogP contribution in [0.3, 0.4) is 0 Å². The van der Waals surface area contributed by atoms with Gasteiger partial charge in [0.15, 0.2) is 0 Å². The number of carbonyl (C=O) groups is 1. The summed E-state index contributed by atoms with van der Waals surface area (Å²) >= 11 is 3.09. The molecule has 0 saturated carbocycles. The van der Waals surface area contributed by atoms with Gasteiger partial charge in [-0.15, -0.1) is 0 Å². The van der Waals surface area contributed by atoms with Crippen LogP contribution in [0.25, 0.3) is 0 Å². The molecule has 6 nitrogen and oxygen atoms in total. The number of sulfonamides is 1. The summed E-state index contributed by atoms with van der Waals surface area (Å²) in [6.07, 6.45) is 3.78. The molecule has 2 aromatic rings. The maximum atomic E-state index is 13.9. The summed E-state index contributed by atoms with van der Waals surface area (Å²) in [5.74, 6) is 1.51. The number of thioether (sulfide) groups is 2. The van der Waals surface area contributed by atoms with Crippen molar-refractivity contribution in [1.82, 2.24) is 10.0 Å². The number of carbonyl (C=O) groups excluding carboxylic acids is 1. The third kappa shape index (κ3) is 7.16. The van der Waals surface area contributed by atoms with E-state index in [9.17, 15) is 17.6 Å². The number of benzene rings is 1. The van der Waals surface area contributed by atoms with Crippen molar-refractivity contribution < 1.29 is 22.0 Å². The first-order valence-corrected chi connectivity index (χ1v) is 12.6. The molecular weight excluding hydrogens is 423 g/mol. The molecule has 0 fully saturated rings. The zero-order valence-corrected chi connectivity index (χ0v) is 17.8. The predicted octanol–water partition coefficient (Wildman–Crippen LogP) is 2.87. The van der Waals surface area contributed by atoms with Crippen molar-refractivity contribution in [3.63, 3.8) is 0 Å². The monoisotopic (exact) mass is 446 g/mol. The van der Waals surface area contributed by atoms with Crippen LogP contribution in [0.5, 0.6) is 0 Å². The Morgan fingerprint density at radius 2 is 2.00 bits per heavy atom. The van der Waals surface area contributed by atoms with Gasteiger partial charge in [0.05, 0.1) is 12.0 Å². The van der Waals surface area contributed by atoms with Gasteiger partial charge >= 0.3 is 0 Å². The summed E-state index contributed by atoms with van der Waals surface area (Å²) < 4.78 is 46.4. The Bertz CT molecular complexity index is 844. The third-order valence-electron chi connectivity index (χ3n) is 3.72. The SMILES string of the molecule is CSCCC(NS(=O)(=O)c1ccccc1F)C(=O)NCCSCc1ccco1. The predicted molar refractivity (Wildman–Crippen MR) is 111 cm³/mol. The molecule has 0 aliphatic carbocycles.